The number of carbonyl (C=O) groups excluding carboxylic acids is 2. The Morgan fingerprint density at radius 2 is 1.39 bits per heavy atom. The second-order valence-corrected chi connectivity index (χ2v) is 9.40. The molecule has 1 aromatic heterocycles. The van der Waals surface area contributed by atoms with Crippen LogP contribution in [0.15, 0.2) is 48.5 Å². The number of unbranched alkanes of at least 4 members (excludes halogenated alkanes) is 9. The summed E-state index contributed by atoms with van der Waals surface area (Å²) in [6.07, 6.45) is 12.9. The average molecular weight is 492 g/mol. The van der Waals surface area contributed by atoms with Crippen molar-refractivity contribution in [1.82, 2.24) is 4.57 Å². The molecular formula is C31H41NO4. The minimum Gasteiger partial charge on any atom is -0.494 e. The maximum absolute atomic E-state index is 13.5. The van der Waals surface area contributed by atoms with Crippen LogP contribution in [0.1, 0.15) is 104 Å². The molecule has 5 heteroatoms. The van der Waals surface area contributed by atoms with E-state index in [1.807, 2.05) is 36.4 Å². The molecule has 0 bridgehead atoms. The van der Waals surface area contributed by atoms with Crippen molar-refractivity contribution in [2.45, 2.75) is 78.1 Å². The molecule has 0 saturated carbocycles. The van der Waals surface area contributed by atoms with Crippen LogP contribution in [0.2, 0.25) is 0 Å². The number of carbonyl (C=O) groups is 2. The fraction of sp³-hybridized carbons (Fsp3) is 0.484. The van der Waals surface area contributed by atoms with Crippen LogP contribution in [0.4, 0.5) is 0 Å². The number of aromatic nitrogens is 1. The lowest BCUT2D eigenvalue weighted by molar-refractivity contribution is 0.0513. The quantitative estimate of drug-likeness (QED) is 0.116. The van der Waals surface area contributed by atoms with Crippen LogP contribution in [-0.2, 0) is 11.8 Å². The summed E-state index contributed by atoms with van der Waals surface area (Å²) in [5.74, 6) is 0.0677. The summed E-state index contributed by atoms with van der Waals surface area (Å²) in [4.78, 5) is 26.2. The van der Waals surface area contributed by atoms with Crippen LogP contribution in [0.3, 0.4) is 0 Å². The molecule has 0 radical (unpaired) electrons. The number of hydrogen-bond acceptors (Lipinski definition) is 4. The standard InChI is InChI=1S/C31H41NO4/c1-4-6-7-8-9-10-11-12-13-16-23-36-25-21-19-24(20-22-25)30(33)28-26-17-14-15-18-27(26)32(3)29(28)31(34)35-5-2/h14-15,17-22H,4-13,16,23H2,1-3H3. The van der Waals surface area contributed by atoms with Crippen LogP contribution >= 0.6 is 0 Å². The average Bonchev–Trinajstić information content (AvgIpc) is 3.20. The van der Waals surface area contributed by atoms with Gasteiger partial charge >= 0.3 is 5.97 Å². The lowest BCUT2D eigenvalue weighted by Gasteiger charge is -2.09. The zero-order valence-corrected chi connectivity index (χ0v) is 22.2. The topological polar surface area (TPSA) is 57.5 Å². The van der Waals surface area contributed by atoms with Gasteiger partial charge in [0, 0.05) is 23.5 Å². The Bertz CT molecular complexity index is 1110. The predicted octanol–water partition coefficient (Wildman–Crippen LogP) is 7.89. The first kappa shape index (κ1) is 27.5. The van der Waals surface area contributed by atoms with E-state index < -0.39 is 5.97 Å². The number of ketones is 1. The second kappa shape index (κ2) is 14.5. The molecule has 0 unspecified atom stereocenters. The number of hydrogen-bond donors (Lipinski definition) is 0. The molecule has 3 aromatic rings. The fourth-order valence-corrected chi connectivity index (χ4v) is 4.69. The molecule has 0 amide bonds. The highest BCUT2D eigenvalue weighted by molar-refractivity contribution is 6.21. The number of nitrogens with zero attached hydrogens (tertiary/aromatic N) is 1. The fourth-order valence-electron chi connectivity index (χ4n) is 4.69. The van der Waals surface area contributed by atoms with E-state index in [9.17, 15) is 9.59 Å². The van der Waals surface area contributed by atoms with Crippen molar-refractivity contribution >= 4 is 22.7 Å². The van der Waals surface area contributed by atoms with Crippen molar-refractivity contribution in [1.29, 1.82) is 0 Å². The highest BCUT2D eigenvalue weighted by Crippen LogP contribution is 2.29. The van der Waals surface area contributed by atoms with Crippen molar-refractivity contribution in [3.8, 4) is 5.75 Å². The molecule has 0 N–H and O–H groups in total. The van der Waals surface area contributed by atoms with Gasteiger partial charge in [-0.15, -0.1) is 0 Å². The molecule has 0 fully saturated rings. The lowest BCUT2D eigenvalue weighted by atomic mass is 10.00. The summed E-state index contributed by atoms with van der Waals surface area (Å²) < 4.78 is 12.9. The van der Waals surface area contributed by atoms with E-state index in [4.69, 9.17) is 9.47 Å². The van der Waals surface area contributed by atoms with E-state index in [-0.39, 0.29) is 18.1 Å². The number of benzene rings is 2. The van der Waals surface area contributed by atoms with Crippen molar-refractivity contribution in [2.75, 3.05) is 13.2 Å². The summed E-state index contributed by atoms with van der Waals surface area (Å²) in [7, 11) is 1.79. The van der Waals surface area contributed by atoms with Crippen LogP contribution < -0.4 is 4.74 Å². The molecule has 0 atom stereocenters. The molecular weight excluding hydrogens is 450 g/mol. The number of aryl methyl sites for hydroxylation is 1. The van der Waals surface area contributed by atoms with Crippen LogP contribution in [0, 0.1) is 0 Å². The molecule has 36 heavy (non-hydrogen) atoms. The Balaban J connectivity index is 1.54. The van der Waals surface area contributed by atoms with Gasteiger partial charge in [0.25, 0.3) is 0 Å². The Labute approximate surface area is 215 Å². The van der Waals surface area contributed by atoms with E-state index in [1.54, 1.807) is 30.7 Å². The van der Waals surface area contributed by atoms with Crippen molar-refractivity contribution in [2.24, 2.45) is 7.05 Å². The van der Waals surface area contributed by atoms with Gasteiger partial charge < -0.3 is 14.0 Å². The molecule has 0 aliphatic heterocycles. The first-order chi connectivity index (χ1) is 17.6. The van der Waals surface area contributed by atoms with E-state index in [1.165, 1.54) is 57.8 Å². The van der Waals surface area contributed by atoms with Crippen molar-refractivity contribution in [3.63, 3.8) is 0 Å². The smallest absolute Gasteiger partial charge is 0.355 e. The molecule has 5 nitrogen and oxygen atoms in total. The van der Waals surface area contributed by atoms with E-state index >= 15 is 0 Å². The van der Waals surface area contributed by atoms with Gasteiger partial charge in [0.05, 0.1) is 18.8 Å². The molecule has 2 aromatic carbocycles. The zero-order valence-electron chi connectivity index (χ0n) is 22.2. The van der Waals surface area contributed by atoms with Gasteiger partial charge in [-0.1, -0.05) is 82.9 Å². The lowest BCUT2D eigenvalue weighted by Crippen LogP contribution is -2.15. The van der Waals surface area contributed by atoms with Gasteiger partial charge in [-0.3, -0.25) is 4.79 Å². The van der Waals surface area contributed by atoms with Gasteiger partial charge in [0.15, 0.2) is 5.78 Å². The molecule has 0 aliphatic rings. The van der Waals surface area contributed by atoms with Crippen molar-refractivity contribution < 1.29 is 19.1 Å². The summed E-state index contributed by atoms with van der Waals surface area (Å²) in [6.45, 7) is 4.95. The van der Waals surface area contributed by atoms with Gasteiger partial charge in [-0.05, 0) is 43.7 Å². The number of fused-ring (bicyclic) bond motifs is 1. The third kappa shape index (κ3) is 7.22. The number of para-hydroxylation sites is 1. The summed E-state index contributed by atoms with van der Waals surface area (Å²) in [5, 5.41) is 0.745. The Morgan fingerprint density at radius 1 is 0.778 bits per heavy atom. The highest BCUT2D eigenvalue weighted by Gasteiger charge is 2.27. The molecule has 1 heterocycles. The molecule has 0 aliphatic carbocycles. The Hall–Kier alpha value is -3.08. The first-order valence-electron chi connectivity index (χ1n) is 13.6. The third-order valence-electron chi connectivity index (χ3n) is 6.69. The predicted molar refractivity (Wildman–Crippen MR) is 146 cm³/mol. The van der Waals surface area contributed by atoms with Gasteiger partial charge in [-0.25, -0.2) is 4.79 Å². The van der Waals surface area contributed by atoms with Crippen molar-refractivity contribution in [3.05, 3.63) is 65.4 Å². The zero-order chi connectivity index (χ0) is 25.8. The molecule has 194 valence electrons. The van der Waals surface area contributed by atoms with Gasteiger partial charge in [0.2, 0.25) is 0 Å². The normalized spacial score (nSPS) is 11.1. The first-order valence-corrected chi connectivity index (χ1v) is 13.6. The molecule has 0 spiro atoms. The maximum atomic E-state index is 13.5. The summed E-state index contributed by atoms with van der Waals surface area (Å²) in [5.41, 5.74) is 2.00. The van der Waals surface area contributed by atoms with Crippen LogP contribution in [-0.4, -0.2) is 29.5 Å². The SMILES string of the molecule is CCCCCCCCCCCCOc1ccc(C(=O)c2c(C(=O)OCC)n(C)c3ccccc23)cc1. The highest BCUT2D eigenvalue weighted by atomic mass is 16.5. The molecule has 3 rings (SSSR count). The minimum absolute atomic E-state index is 0.198. The van der Waals surface area contributed by atoms with Gasteiger partial charge in [-0.2, -0.15) is 0 Å². The summed E-state index contributed by atoms with van der Waals surface area (Å²) in [6, 6.07) is 14.7. The molecule has 0 saturated heterocycles. The van der Waals surface area contributed by atoms with Crippen LogP contribution in [0.25, 0.3) is 10.9 Å². The Morgan fingerprint density at radius 3 is 2.03 bits per heavy atom. The number of esters is 1. The second-order valence-electron chi connectivity index (χ2n) is 9.40. The summed E-state index contributed by atoms with van der Waals surface area (Å²) >= 11 is 0. The number of rotatable bonds is 16. The monoisotopic (exact) mass is 491 g/mol. The van der Waals surface area contributed by atoms with E-state index in [0.29, 0.717) is 17.7 Å². The number of ether oxygens (including phenoxy) is 2. The Kier molecular flexibility index (Phi) is 11.1. The largest absolute Gasteiger partial charge is 0.494 e. The van der Waals surface area contributed by atoms with E-state index in [2.05, 4.69) is 6.92 Å². The maximum Gasteiger partial charge on any atom is 0.355 e. The van der Waals surface area contributed by atoms with Crippen LogP contribution in [0.5, 0.6) is 5.75 Å². The minimum atomic E-state index is -0.490. The third-order valence-corrected chi connectivity index (χ3v) is 6.69. The van der Waals surface area contributed by atoms with E-state index in [0.717, 1.165) is 23.1 Å². The van der Waals surface area contributed by atoms with Gasteiger partial charge in [0.1, 0.15) is 11.4 Å².